The molecule has 6 nitrogen and oxygen atoms in total. The van der Waals surface area contributed by atoms with Crippen LogP contribution in [-0.2, 0) is 6.54 Å². The zero-order valence-electron chi connectivity index (χ0n) is 15.1. The number of nitrogens with zero attached hydrogens (tertiary/aromatic N) is 3. The highest BCUT2D eigenvalue weighted by molar-refractivity contribution is 5.92. The number of imidazole rings is 1. The van der Waals surface area contributed by atoms with Crippen molar-refractivity contribution in [3.63, 3.8) is 0 Å². The van der Waals surface area contributed by atoms with Crippen molar-refractivity contribution in [3.8, 4) is 11.6 Å². The number of pyridine rings is 2. The average Bonchev–Trinajstić information content (AvgIpc) is 3.15. The standard InChI is InChI=1S/C21H17FN4O2/c1-14-3-2-4-19-25-18(13-26(14)19)21(27)24-12-15-5-10-20(23-11-15)28-17-8-6-16(22)7-9-17/h2-11,13H,12H2,1H3,(H,24,27). The zero-order valence-corrected chi connectivity index (χ0v) is 15.1. The Labute approximate surface area is 160 Å². The van der Waals surface area contributed by atoms with E-state index in [-0.39, 0.29) is 11.7 Å². The Balaban J connectivity index is 1.38. The van der Waals surface area contributed by atoms with Gasteiger partial charge in [0.05, 0.1) is 0 Å². The summed E-state index contributed by atoms with van der Waals surface area (Å²) in [6, 6.07) is 14.9. The molecule has 0 saturated carbocycles. The molecule has 0 radical (unpaired) electrons. The van der Waals surface area contributed by atoms with Crippen molar-refractivity contribution in [2.75, 3.05) is 0 Å². The van der Waals surface area contributed by atoms with E-state index >= 15 is 0 Å². The lowest BCUT2D eigenvalue weighted by Gasteiger charge is -2.06. The number of hydrogen-bond acceptors (Lipinski definition) is 4. The average molecular weight is 376 g/mol. The van der Waals surface area contributed by atoms with Gasteiger partial charge in [0.1, 0.15) is 22.9 Å². The van der Waals surface area contributed by atoms with E-state index in [4.69, 9.17) is 4.74 Å². The predicted molar refractivity (Wildman–Crippen MR) is 102 cm³/mol. The topological polar surface area (TPSA) is 68.5 Å². The van der Waals surface area contributed by atoms with Gasteiger partial charge >= 0.3 is 0 Å². The first-order valence-corrected chi connectivity index (χ1v) is 8.70. The summed E-state index contributed by atoms with van der Waals surface area (Å²) in [5.74, 6) is 0.302. The molecule has 0 saturated heterocycles. The molecule has 0 aliphatic carbocycles. The monoisotopic (exact) mass is 376 g/mol. The van der Waals surface area contributed by atoms with Gasteiger partial charge in [0.2, 0.25) is 5.88 Å². The highest BCUT2D eigenvalue weighted by Crippen LogP contribution is 2.19. The molecule has 4 aromatic rings. The van der Waals surface area contributed by atoms with Crippen molar-refractivity contribution in [2.24, 2.45) is 0 Å². The van der Waals surface area contributed by atoms with Gasteiger partial charge in [0, 0.05) is 30.7 Å². The van der Waals surface area contributed by atoms with Gasteiger partial charge < -0.3 is 14.5 Å². The summed E-state index contributed by atoms with van der Waals surface area (Å²) in [4.78, 5) is 20.9. The first-order valence-electron chi connectivity index (χ1n) is 8.70. The molecule has 140 valence electrons. The quantitative estimate of drug-likeness (QED) is 0.574. The van der Waals surface area contributed by atoms with E-state index in [1.807, 2.05) is 29.5 Å². The maximum Gasteiger partial charge on any atom is 0.271 e. The van der Waals surface area contributed by atoms with Crippen LogP contribution < -0.4 is 10.1 Å². The molecule has 0 aliphatic heterocycles. The molecule has 7 heteroatoms. The van der Waals surface area contributed by atoms with E-state index in [1.54, 1.807) is 24.5 Å². The normalized spacial score (nSPS) is 10.8. The van der Waals surface area contributed by atoms with E-state index in [1.165, 1.54) is 24.3 Å². The number of amides is 1. The number of nitrogens with one attached hydrogen (secondary N) is 1. The van der Waals surface area contributed by atoms with Gasteiger partial charge in [-0.15, -0.1) is 0 Å². The van der Waals surface area contributed by atoms with E-state index in [0.717, 1.165) is 16.9 Å². The Hall–Kier alpha value is -3.74. The molecule has 0 aliphatic rings. The number of halogens is 1. The second-order valence-corrected chi connectivity index (χ2v) is 6.26. The predicted octanol–water partition coefficient (Wildman–Crippen LogP) is 3.90. The van der Waals surface area contributed by atoms with Gasteiger partial charge in [-0.05, 0) is 48.9 Å². The Morgan fingerprint density at radius 1 is 1.14 bits per heavy atom. The third kappa shape index (κ3) is 3.83. The molecule has 4 rings (SSSR count). The highest BCUT2D eigenvalue weighted by atomic mass is 19.1. The molecular formula is C21H17FN4O2. The number of hydrogen-bond donors (Lipinski definition) is 1. The number of ether oxygens (including phenoxy) is 1. The minimum atomic E-state index is -0.327. The second kappa shape index (κ2) is 7.48. The van der Waals surface area contributed by atoms with Crippen LogP contribution >= 0.6 is 0 Å². The molecule has 0 unspecified atom stereocenters. The number of aromatic nitrogens is 3. The Morgan fingerprint density at radius 3 is 2.68 bits per heavy atom. The lowest BCUT2D eigenvalue weighted by atomic mass is 10.3. The van der Waals surface area contributed by atoms with Crippen LogP contribution in [0.15, 0.2) is 67.0 Å². The number of benzene rings is 1. The van der Waals surface area contributed by atoms with Crippen LogP contribution in [0, 0.1) is 12.7 Å². The minimum Gasteiger partial charge on any atom is -0.439 e. The summed E-state index contributed by atoms with van der Waals surface area (Å²) < 4.78 is 20.3. The number of fused-ring (bicyclic) bond motifs is 1. The van der Waals surface area contributed by atoms with E-state index in [9.17, 15) is 9.18 Å². The van der Waals surface area contributed by atoms with Crippen molar-refractivity contribution < 1.29 is 13.9 Å². The lowest BCUT2D eigenvalue weighted by Crippen LogP contribution is -2.23. The van der Waals surface area contributed by atoms with Gasteiger partial charge in [-0.3, -0.25) is 4.79 Å². The van der Waals surface area contributed by atoms with Crippen LogP contribution in [0.5, 0.6) is 11.6 Å². The molecule has 0 atom stereocenters. The second-order valence-electron chi connectivity index (χ2n) is 6.26. The molecule has 0 bridgehead atoms. The van der Waals surface area contributed by atoms with Crippen LogP contribution in [-0.4, -0.2) is 20.3 Å². The molecule has 0 fully saturated rings. The van der Waals surface area contributed by atoms with Crippen molar-refractivity contribution >= 4 is 11.6 Å². The third-order valence-electron chi connectivity index (χ3n) is 4.22. The Bertz CT molecular complexity index is 1120. The van der Waals surface area contributed by atoms with Crippen molar-refractivity contribution in [3.05, 3.63) is 89.8 Å². The number of aryl methyl sites for hydroxylation is 1. The molecule has 1 N–H and O–H groups in total. The summed E-state index contributed by atoms with van der Waals surface area (Å²) in [5, 5.41) is 2.83. The highest BCUT2D eigenvalue weighted by Gasteiger charge is 2.11. The first-order chi connectivity index (χ1) is 13.6. The fourth-order valence-electron chi connectivity index (χ4n) is 2.73. The summed E-state index contributed by atoms with van der Waals surface area (Å²) in [6.45, 7) is 2.27. The number of carbonyl (C=O) groups is 1. The lowest BCUT2D eigenvalue weighted by molar-refractivity contribution is 0.0946. The van der Waals surface area contributed by atoms with Crippen LogP contribution in [0.1, 0.15) is 21.7 Å². The van der Waals surface area contributed by atoms with Gasteiger partial charge in [-0.2, -0.15) is 0 Å². The summed E-state index contributed by atoms with van der Waals surface area (Å²) in [5.41, 5.74) is 2.91. The number of carbonyl (C=O) groups excluding carboxylic acids is 1. The fraction of sp³-hybridized carbons (Fsp3) is 0.0952. The molecule has 3 heterocycles. The minimum absolute atomic E-state index is 0.255. The summed E-state index contributed by atoms with van der Waals surface area (Å²) in [6.07, 6.45) is 3.34. The summed E-state index contributed by atoms with van der Waals surface area (Å²) in [7, 11) is 0. The molecule has 1 amide bonds. The maximum atomic E-state index is 12.9. The fourth-order valence-corrected chi connectivity index (χ4v) is 2.73. The summed E-state index contributed by atoms with van der Waals surface area (Å²) >= 11 is 0. The SMILES string of the molecule is Cc1cccc2nc(C(=O)NCc3ccc(Oc4ccc(F)cc4)nc3)cn12. The van der Waals surface area contributed by atoms with Gasteiger partial charge in [0.15, 0.2) is 0 Å². The van der Waals surface area contributed by atoms with Crippen LogP contribution in [0.25, 0.3) is 5.65 Å². The first kappa shape index (κ1) is 17.7. The van der Waals surface area contributed by atoms with E-state index < -0.39 is 0 Å². The molecule has 0 spiro atoms. The molecular weight excluding hydrogens is 359 g/mol. The van der Waals surface area contributed by atoms with Crippen molar-refractivity contribution in [2.45, 2.75) is 13.5 Å². The van der Waals surface area contributed by atoms with Gasteiger partial charge in [0.25, 0.3) is 5.91 Å². The van der Waals surface area contributed by atoms with Gasteiger partial charge in [-0.25, -0.2) is 14.4 Å². The molecule has 1 aromatic carbocycles. The van der Waals surface area contributed by atoms with Crippen molar-refractivity contribution in [1.82, 2.24) is 19.7 Å². The molecule has 3 aromatic heterocycles. The number of rotatable bonds is 5. The van der Waals surface area contributed by atoms with E-state index in [0.29, 0.717) is 23.9 Å². The Kier molecular flexibility index (Phi) is 4.72. The van der Waals surface area contributed by atoms with E-state index in [2.05, 4.69) is 15.3 Å². The smallest absolute Gasteiger partial charge is 0.271 e. The largest absolute Gasteiger partial charge is 0.439 e. The third-order valence-corrected chi connectivity index (χ3v) is 4.22. The van der Waals surface area contributed by atoms with Gasteiger partial charge in [-0.1, -0.05) is 12.1 Å². The molecule has 28 heavy (non-hydrogen) atoms. The zero-order chi connectivity index (χ0) is 19.5. The van der Waals surface area contributed by atoms with Crippen LogP contribution in [0.2, 0.25) is 0 Å². The van der Waals surface area contributed by atoms with Crippen LogP contribution in [0.3, 0.4) is 0 Å². The Morgan fingerprint density at radius 2 is 1.96 bits per heavy atom. The van der Waals surface area contributed by atoms with Crippen molar-refractivity contribution in [1.29, 1.82) is 0 Å². The van der Waals surface area contributed by atoms with Crippen LogP contribution in [0.4, 0.5) is 4.39 Å². The maximum absolute atomic E-state index is 12.9.